The normalized spacial score (nSPS) is 13.7. The van der Waals surface area contributed by atoms with E-state index in [0.717, 1.165) is 17.5 Å². The molecule has 7 nitrogen and oxygen atoms in total. The molecule has 4 rings (SSSR count). The van der Waals surface area contributed by atoms with Gasteiger partial charge in [0, 0.05) is 11.5 Å². The van der Waals surface area contributed by atoms with Gasteiger partial charge >= 0.3 is 5.76 Å². The molecular formula is C29H31N3O4. The van der Waals surface area contributed by atoms with Gasteiger partial charge in [-0.1, -0.05) is 98.7 Å². The van der Waals surface area contributed by atoms with Crippen LogP contribution in [0.4, 0.5) is 0 Å². The van der Waals surface area contributed by atoms with Crippen LogP contribution in [0, 0.1) is 5.92 Å². The number of aromatic nitrogens is 2. The monoisotopic (exact) mass is 485 g/mol. The van der Waals surface area contributed by atoms with Crippen molar-refractivity contribution in [2.75, 3.05) is 0 Å². The Bertz CT molecular complexity index is 1310. The summed E-state index contributed by atoms with van der Waals surface area (Å²) in [7, 11) is 0. The molecule has 0 radical (unpaired) electrons. The zero-order chi connectivity index (χ0) is 25.5. The molecule has 0 aliphatic carbocycles. The maximum absolute atomic E-state index is 13.9. The second kappa shape index (κ2) is 11.5. The quantitative estimate of drug-likeness (QED) is 0.307. The molecule has 4 aromatic rings. The van der Waals surface area contributed by atoms with E-state index in [2.05, 4.69) is 29.3 Å². The fourth-order valence-electron chi connectivity index (χ4n) is 4.30. The van der Waals surface area contributed by atoms with Crippen molar-refractivity contribution in [3.05, 3.63) is 118 Å². The highest BCUT2D eigenvalue weighted by atomic mass is 16.5. The van der Waals surface area contributed by atoms with Crippen LogP contribution < -0.4 is 15.8 Å². The summed E-state index contributed by atoms with van der Waals surface area (Å²) in [6.07, 6.45) is -0.144. The number of nitrogens with one attached hydrogen (secondary N) is 2. The van der Waals surface area contributed by atoms with Gasteiger partial charge in [-0.2, -0.15) is 0 Å². The topological polar surface area (TPSA) is 97.2 Å². The van der Waals surface area contributed by atoms with Crippen LogP contribution in [-0.2, 0) is 4.79 Å². The van der Waals surface area contributed by atoms with Crippen LogP contribution in [0.1, 0.15) is 67.8 Å². The van der Waals surface area contributed by atoms with Gasteiger partial charge in [0.25, 0.3) is 5.91 Å². The lowest BCUT2D eigenvalue weighted by atomic mass is 9.91. The van der Waals surface area contributed by atoms with Gasteiger partial charge in [-0.3, -0.25) is 14.3 Å². The lowest BCUT2D eigenvalue weighted by molar-refractivity contribution is -0.129. The van der Waals surface area contributed by atoms with Crippen molar-refractivity contribution in [1.29, 1.82) is 0 Å². The fraction of sp³-hybridized carbons (Fsp3) is 0.276. The first-order chi connectivity index (χ1) is 17.4. The first kappa shape index (κ1) is 25.0. The van der Waals surface area contributed by atoms with Crippen LogP contribution in [0.2, 0.25) is 0 Å². The predicted molar refractivity (Wildman–Crippen MR) is 138 cm³/mol. The summed E-state index contributed by atoms with van der Waals surface area (Å²) in [6.45, 7) is 6.17. The summed E-state index contributed by atoms with van der Waals surface area (Å²) in [5.74, 6) is 0.136. The highest BCUT2D eigenvalue weighted by Gasteiger charge is 2.30. The van der Waals surface area contributed by atoms with Crippen molar-refractivity contribution < 1.29 is 14.1 Å². The molecule has 1 aromatic heterocycles. The Morgan fingerprint density at radius 2 is 1.53 bits per heavy atom. The number of nitrogens with zero attached hydrogens (tertiary/aromatic N) is 1. The molecule has 3 aromatic carbocycles. The summed E-state index contributed by atoms with van der Waals surface area (Å²) < 4.78 is 11.0. The van der Waals surface area contributed by atoms with Crippen LogP contribution >= 0.6 is 0 Å². The van der Waals surface area contributed by atoms with Crippen LogP contribution in [0.3, 0.4) is 0 Å². The van der Waals surface area contributed by atoms with Gasteiger partial charge in [0.05, 0.1) is 6.04 Å². The Labute approximate surface area is 210 Å². The van der Waals surface area contributed by atoms with E-state index in [1.54, 1.807) is 0 Å². The van der Waals surface area contributed by atoms with Crippen LogP contribution in [0.15, 0.2) is 94.2 Å². The average molecular weight is 486 g/mol. The Kier molecular flexibility index (Phi) is 8.00. The van der Waals surface area contributed by atoms with Crippen LogP contribution in [0.25, 0.3) is 0 Å². The van der Waals surface area contributed by atoms with Crippen LogP contribution in [0.5, 0.6) is 5.75 Å². The minimum Gasteiger partial charge on any atom is -0.476 e. The maximum atomic E-state index is 13.9. The van der Waals surface area contributed by atoms with Crippen molar-refractivity contribution >= 4 is 5.91 Å². The third-order valence-electron chi connectivity index (χ3n) is 6.07. The van der Waals surface area contributed by atoms with E-state index in [1.807, 2.05) is 91.9 Å². The van der Waals surface area contributed by atoms with Crippen molar-refractivity contribution in [2.24, 2.45) is 5.92 Å². The van der Waals surface area contributed by atoms with Crippen molar-refractivity contribution in [1.82, 2.24) is 15.5 Å². The molecule has 0 spiro atoms. The molecule has 36 heavy (non-hydrogen) atoms. The first-order valence-electron chi connectivity index (χ1n) is 12.1. The Morgan fingerprint density at radius 1 is 0.917 bits per heavy atom. The molecule has 3 unspecified atom stereocenters. The molecule has 186 valence electrons. The van der Waals surface area contributed by atoms with Crippen molar-refractivity contribution in [2.45, 2.75) is 45.3 Å². The van der Waals surface area contributed by atoms with Crippen molar-refractivity contribution in [3.63, 3.8) is 0 Å². The van der Waals surface area contributed by atoms with Gasteiger partial charge in [-0.05, 0) is 35.6 Å². The summed E-state index contributed by atoms with van der Waals surface area (Å²) >= 11 is 0. The van der Waals surface area contributed by atoms with Crippen molar-refractivity contribution in [3.8, 4) is 5.75 Å². The molecule has 7 heteroatoms. The molecule has 0 saturated carbocycles. The lowest BCUT2D eigenvalue weighted by Crippen LogP contribution is -2.36. The zero-order valence-corrected chi connectivity index (χ0v) is 20.7. The minimum absolute atomic E-state index is 0.169. The number of benzene rings is 3. The van der Waals surface area contributed by atoms with E-state index < -0.39 is 11.9 Å². The molecular weight excluding hydrogens is 454 g/mol. The summed E-state index contributed by atoms with van der Waals surface area (Å²) in [6, 6.07) is 26.6. The third kappa shape index (κ3) is 6.10. The van der Waals surface area contributed by atoms with Crippen LogP contribution in [-0.4, -0.2) is 16.0 Å². The highest BCUT2D eigenvalue weighted by molar-refractivity contribution is 5.83. The fourth-order valence-corrected chi connectivity index (χ4v) is 4.30. The molecule has 0 aliphatic rings. The molecule has 1 heterocycles. The van der Waals surface area contributed by atoms with Gasteiger partial charge < -0.3 is 10.1 Å². The number of H-pyrrole nitrogens is 1. The Balaban J connectivity index is 1.72. The highest BCUT2D eigenvalue weighted by Crippen LogP contribution is 2.32. The molecule has 2 N–H and O–H groups in total. The molecule has 0 bridgehead atoms. The lowest BCUT2D eigenvalue weighted by Gasteiger charge is -2.27. The molecule has 0 fully saturated rings. The number of carbonyl (C=O) groups excluding carboxylic acids is 1. The van der Waals surface area contributed by atoms with E-state index in [-0.39, 0.29) is 17.9 Å². The summed E-state index contributed by atoms with van der Waals surface area (Å²) in [4.78, 5) is 28.1. The van der Waals surface area contributed by atoms with E-state index >= 15 is 0 Å². The van der Waals surface area contributed by atoms with Gasteiger partial charge in [-0.25, -0.2) is 4.79 Å². The predicted octanol–water partition coefficient (Wildman–Crippen LogP) is 5.54. The van der Waals surface area contributed by atoms with E-state index in [9.17, 15) is 9.59 Å². The summed E-state index contributed by atoms with van der Waals surface area (Å²) in [5.41, 5.74) is 2.53. The zero-order valence-electron chi connectivity index (χ0n) is 20.7. The molecule has 3 atom stereocenters. The number of carbonyl (C=O) groups is 1. The Hall–Kier alpha value is -4.13. The third-order valence-corrected chi connectivity index (χ3v) is 6.07. The molecule has 0 saturated heterocycles. The van der Waals surface area contributed by atoms with E-state index in [4.69, 9.17) is 9.26 Å². The van der Waals surface area contributed by atoms with Gasteiger partial charge in [0.1, 0.15) is 5.75 Å². The molecule has 1 amide bonds. The second-order valence-electron chi connectivity index (χ2n) is 9.24. The number of rotatable bonds is 10. The Morgan fingerprint density at radius 3 is 2.14 bits per heavy atom. The minimum atomic E-state index is -0.928. The van der Waals surface area contributed by atoms with E-state index in [1.165, 1.54) is 0 Å². The van der Waals surface area contributed by atoms with Gasteiger partial charge in [0.15, 0.2) is 5.82 Å². The number of amides is 1. The summed E-state index contributed by atoms with van der Waals surface area (Å²) in [5, 5.41) is 7.10. The second-order valence-corrected chi connectivity index (χ2v) is 9.24. The number of aromatic amines is 1. The van der Waals surface area contributed by atoms with Gasteiger partial charge in [-0.15, -0.1) is 0 Å². The largest absolute Gasteiger partial charge is 0.476 e. The molecule has 0 aliphatic heterocycles. The number of hydrogen-bond donors (Lipinski definition) is 2. The number of ether oxygens (including phenoxy) is 1. The smallest absolute Gasteiger partial charge is 0.438 e. The standard InChI is InChI=1S/C29H31N3O4/c1-19(2)18-25(21-12-6-4-7-13-21)30-28(33)26(35-22-14-8-5-9-15-22)24-17-11-10-16-23(24)20(3)27-31-29(34)36-32-27/h4-17,19-20,25-26H,18H2,1-3H3,(H,30,33)(H,31,32,34). The number of para-hydroxylation sites is 1. The SMILES string of the molecule is CC(C)CC(NC(=O)C(Oc1ccccc1)c1ccccc1C(C)c1noc(=O)[nH]1)c1ccccc1. The maximum Gasteiger partial charge on any atom is 0.438 e. The van der Waals surface area contributed by atoms with Gasteiger partial charge in [0.2, 0.25) is 6.10 Å². The first-order valence-corrected chi connectivity index (χ1v) is 12.1. The number of hydrogen-bond acceptors (Lipinski definition) is 5. The van der Waals surface area contributed by atoms with E-state index in [0.29, 0.717) is 23.1 Å². The average Bonchev–Trinajstić information content (AvgIpc) is 3.33.